The van der Waals surface area contributed by atoms with E-state index in [4.69, 9.17) is 0 Å². The van der Waals surface area contributed by atoms with Crippen molar-refractivity contribution in [2.75, 3.05) is 0 Å². The highest BCUT2D eigenvalue weighted by Gasteiger charge is 2.32. The van der Waals surface area contributed by atoms with Gasteiger partial charge in [-0.15, -0.1) is 13.2 Å². The Morgan fingerprint density at radius 3 is 2.42 bits per heavy atom. The Morgan fingerprint density at radius 1 is 1.50 bits per heavy atom. The van der Waals surface area contributed by atoms with Crippen LogP contribution in [0.5, 0.6) is 5.88 Å². The second kappa shape index (κ2) is 2.69. The average Bonchev–Trinajstić information content (AvgIpc) is 2.16. The zero-order valence-corrected chi connectivity index (χ0v) is 6.51. The smallest absolute Gasteiger partial charge is 0.388 e. The summed E-state index contributed by atoms with van der Waals surface area (Å²) in [6.07, 6.45) is -3.62. The van der Waals surface area contributed by atoms with Crippen molar-refractivity contribution in [3.63, 3.8) is 0 Å². The highest BCUT2D eigenvalue weighted by molar-refractivity contribution is 5.09. The number of rotatable bonds is 1. The van der Waals surface area contributed by atoms with Gasteiger partial charge >= 0.3 is 6.36 Å². The van der Waals surface area contributed by atoms with Gasteiger partial charge in [-0.1, -0.05) is 0 Å². The van der Waals surface area contributed by atoms with Crippen molar-refractivity contribution in [3.8, 4) is 5.88 Å². The lowest BCUT2D eigenvalue weighted by Gasteiger charge is -2.08. The molecule has 0 radical (unpaired) electrons. The number of nitrogens with zero attached hydrogens (tertiary/aromatic N) is 2. The third-order valence-corrected chi connectivity index (χ3v) is 1.40. The van der Waals surface area contributed by atoms with Crippen molar-refractivity contribution in [2.24, 2.45) is 7.05 Å². The molecule has 12 heavy (non-hydrogen) atoms. The highest BCUT2D eigenvalue weighted by atomic mass is 19.4. The molecule has 0 saturated carbocycles. The van der Waals surface area contributed by atoms with Crippen LogP contribution in [-0.4, -0.2) is 15.9 Å². The zero-order chi connectivity index (χ0) is 9.35. The fourth-order valence-corrected chi connectivity index (χ4v) is 0.695. The Kier molecular flexibility index (Phi) is 1.99. The van der Waals surface area contributed by atoms with Crippen molar-refractivity contribution < 1.29 is 17.9 Å². The SMILES string of the molecule is Cc1ncc(OC(F)(F)F)n1C. The van der Waals surface area contributed by atoms with Crippen LogP contribution in [0, 0.1) is 6.92 Å². The van der Waals surface area contributed by atoms with E-state index < -0.39 is 6.36 Å². The van der Waals surface area contributed by atoms with Crippen LogP contribution < -0.4 is 4.74 Å². The van der Waals surface area contributed by atoms with E-state index in [9.17, 15) is 13.2 Å². The van der Waals surface area contributed by atoms with Gasteiger partial charge < -0.3 is 9.30 Å². The number of imidazole rings is 1. The second-order valence-corrected chi connectivity index (χ2v) is 2.25. The van der Waals surface area contributed by atoms with Crippen LogP contribution in [0.3, 0.4) is 0 Å². The van der Waals surface area contributed by atoms with Crippen LogP contribution >= 0.6 is 0 Å². The van der Waals surface area contributed by atoms with Crippen molar-refractivity contribution in [2.45, 2.75) is 13.3 Å². The monoisotopic (exact) mass is 180 g/mol. The maximum absolute atomic E-state index is 11.7. The standard InChI is InChI=1S/C6H7F3N2O/c1-4-10-3-5(11(4)2)12-6(7,8)9/h3H,1-2H3. The maximum Gasteiger partial charge on any atom is 0.574 e. The lowest BCUT2D eigenvalue weighted by atomic mass is 10.7. The molecule has 1 rings (SSSR count). The van der Waals surface area contributed by atoms with E-state index in [0.717, 1.165) is 6.20 Å². The first-order chi connectivity index (χ1) is 5.40. The first-order valence-electron chi connectivity index (χ1n) is 3.14. The van der Waals surface area contributed by atoms with Crippen LogP contribution in [0.15, 0.2) is 6.20 Å². The number of hydrogen-bond donors (Lipinski definition) is 0. The van der Waals surface area contributed by atoms with Crippen molar-refractivity contribution in [1.82, 2.24) is 9.55 Å². The number of halogens is 3. The molecule has 0 bridgehead atoms. The van der Waals surface area contributed by atoms with Gasteiger partial charge in [0.05, 0.1) is 6.20 Å². The van der Waals surface area contributed by atoms with Gasteiger partial charge in [0.25, 0.3) is 0 Å². The Morgan fingerprint density at radius 2 is 2.08 bits per heavy atom. The van der Waals surface area contributed by atoms with Crippen LogP contribution in [0.2, 0.25) is 0 Å². The van der Waals surface area contributed by atoms with E-state index in [1.165, 1.54) is 11.6 Å². The molecule has 0 aliphatic rings. The Balaban J connectivity index is 2.83. The Hall–Kier alpha value is -1.20. The van der Waals surface area contributed by atoms with Gasteiger partial charge in [-0.25, -0.2) is 4.98 Å². The molecular weight excluding hydrogens is 173 g/mol. The summed E-state index contributed by atoms with van der Waals surface area (Å²) in [5.74, 6) is 0.161. The predicted octanol–water partition coefficient (Wildman–Crippen LogP) is 1.63. The minimum absolute atomic E-state index is 0.306. The lowest BCUT2D eigenvalue weighted by molar-refractivity contribution is -0.277. The van der Waals surface area contributed by atoms with E-state index in [1.807, 2.05) is 0 Å². The molecule has 0 saturated heterocycles. The van der Waals surface area contributed by atoms with Crippen LogP contribution in [0.25, 0.3) is 0 Å². The summed E-state index contributed by atoms with van der Waals surface area (Å²) in [5.41, 5.74) is 0. The largest absolute Gasteiger partial charge is 0.574 e. The molecular formula is C6H7F3N2O. The van der Waals surface area contributed by atoms with E-state index in [2.05, 4.69) is 9.72 Å². The van der Waals surface area contributed by atoms with Crippen LogP contribution in [0.4, 0.5) is 13.2 Å². The molecule has 1 aromatic heterocycles. The molecule has 3 nitrogen and oxygen atoms in total. The molecule has 68 valence electrons. The highest BCUT2D eigenvalue weighted by Crippen LogP contribution is 2.22. The molecule has 1 aromatic rings. The topological polar surface area (TPSA) is 27.1 Å². The van der Waals surface area contributed by atoms with Crippen molar-refractivity contribution in [3.05, 3.63) is 12.0 Å². The molecule has 0 amide bonds. The molecule has 0 fully saturated rings. The van der Waals surface area contributed by atoms with E-state index in [1.54, 1.807) is 6.92 Å². The minimum Gasteiger partial charge on any atom is -0.388 e. The minimum atomic E-state index is -4.65. The molecule has 0 atom stereocenters. The van der Waals surface area contributed by atoms with Crippen LogP contribution in [0.1, 0.15) is 5.82 Å². The van der Waals surface area contributed by atoms with E-state index in [0.29, 0.717) is 5.82 Å². The summed E-state index contributed by atoms with van der Waals surface area (Å²) in [5, 5.41) is 0. The van der Waals surface area contributed by atoms with Gasteiger partial charge in [-0.3, -0.25) is 0 Å². The number of hydrogen-bond acceptors (Lipinski definition) is 2. The molecule has 0 aliphatic heterocycles. The van der Waals surface area contributed by atoms with Crippen LogP contribution in [-0.2, 0) is 7.05 Å². The van der Waals surface area contributed by atoms with Gasteiger partial charge in [-0.05, 0) is 6.92 Å². The first kappa shape index (κ1) is 8.89. The van der Waals surface area contributed by atoms with E-state index in [-0.39, 0.29) is 5.88 Å². The molecule has 0 aromatic carbocycles. The zero-order valence-electron chi connectivity index (χ0n) is 6.51. The molecule has 6 heteroatoms. The maximum atomic E-state index is 11.7. The third kappa shape index (κ3) is 1.90. The summed E-state index contributed by atoms with van der Waals surface area (Å²) in [6, 6.07) is 0. The summed E-state index contributed by atoms with van der Waals surface area (Å²) in [4.78, 5) is 3.64. The molecule has 0 N–H and O–H groups in total. The molecule has 1 heterocycles. The summed E-state index contributed by atoms with van der Waals surface area (Å²) in [6.45, 7) is 1.59. The van der Waals surface area contributed by atoms with Gasteiger partial charge in [0.2, 0.25) is 5.88 Å². The van der Waals surface area contributed by atoms with Crippen molar-refractivity contribution >= 4 is 0 Å². The van der Waals surface area contributed by atoms with Crippen molar-refractivity contribution in [1.29, 1.82) is 0 Å². The fourth-order valence-electron chi connectivity index (χ4n) is 0.695. The number of aryl methyl sites for hydroxylation is 1. The molecule has 0 aliphatic carbocycles. The average molecular weight is 180 g/mol. The predicted molar refractivity (Wildman–Crippen MR) is 34.6 cm³/mol. The number of ether oxygens (including phenoxy) is 1. The molecule has 0 spiro atoms. The van der Waals surface area contributed by atoms with E-state index >= 15 is 0 Å². The lowest BCUT2D eigenvalue weighted by Crippen LogP contribution is -2.18. The Labute approximate surface area is 66.8 Å². The van der Waals surface area contributed by atoms with Gasteiger partial charge in [0, 0.05) is 7.05 Å². The fraction of sp³-hybridized carbons (Fsp3) is 0.500. The quantitative estimate of drug-likeness (QED) is 0.656. The third-order valence-electron chi connectivity index (χ3n) is 1.40. The second-order valence-electron chi connectivity index (χ2n) is 2.25. The number of alkyl halides is 3. The first-order valence-corrected chi connectivity index (χ1v) is 3.14. The van der Waals surface area contributed by atoms with Gasteiger partial charge in [0.1, 0.15) is 5.82 Å². The Bertz CT molecular complexity index is 279. The van der Waals surface area contributed by atoms with Gasteiger partial charge in [-0.2, -0.15) is 0 Å². The summed E-state index contributed by atoms with van der Waals surface area (Å²) >= 11 is 0. The summed E-state index contributed by atoms with van der Waals surface area (Å²) in [7, 11) is 1.45. The normalized spacial score (nSPS) is 11.8. The summed E-state index contributed by atoms with van der Waals surface area (Å²) < 4.78 is 39.9. The van der Waals surface area contributed by atoms with Gasteiger partial charge in [0.15, 0.2) is 0 Å². The molecule has 0 unspecified atom stereocenters. The number of aromatic nitrogens is 2.